The van der Waals surface area contributed by atoms with Crippen molar-refractivity contribution in [1.82, 2.24) is 5.32 Å². The van der Waals surface area contributed by atoms with Crippen LogP contribution < -0.4 is 10.6 Å². The van der Waals surface area contributed by atoms with E-state index in [0.29, 0.717) is 0 Å². The smallest absolute Gasteiger partial charge is 0.241 e. The van der Waals surface area contributed by atoms with Crippen molar-refractivity contribution in [3.8, 4) is 0 Å². The van der Waals surface area contributed by atoms with Gasteiger partial charge in [0.05, 0.1) is 12.1 Å². The lowest BCUT2D eigenvalue weighted by molar-refractivity contribution is -0.117. The summed E-state index contributed by atoms with van der Waals surface area (Å²) in [5, 5.41) is 8.52. The third-order valence-corrected chi connectivity index (χ3v) is 5.34. The Balaban J connectivity index is 1.75. The fourth-order valence-electron chi connectivity index (χ4n) is 2.84. The van der Waals surface area contributed by atoms with Gasteiger partial charge in [0.15, 0.2) is 0 Å². The van der Waals surface area contributed by atoms with Gasteiger partial charge >= 0.3 is 0 Å². The number of benzene rings is 2. The van der Waals surface area contributed by atoms with E-state index >= 15 is 0 Å². The molecule has 4 heteroatoms. The fourth-order valence-corrected chi connectivity index (χ4v) is 3.65. The van der Waals surface area contributed by atoms with Crippen molar-refractivity contribution >= 4 is 22.9 Å². The van der Waals surface area contributed by atoms with E-state index in [4.69, 9.17) is 0 Å². The second-order valence-electron chi connectivity index (χ2n) is 6.29. The highest BCUT2D eigenvalue weighted by Crippen LogP contribution is 2.27. The zero-order chi connectivity index (χ0) is 18.4. The van der Waals surface area contributed by atoms with Crippen molar-refractivity contribution in [3.05, 3.63) is 88.1 Å². The predicted octanol–water partition coefficient (Wildman–Crippen LogP) is 5.02. The van der Waals surface area contributed by atoms with Gasteiger partial charge in [0, 0.05) is 10.6 Å². The lowest BCUT2D eigenvalue weighted by Gasteiger charge is -2.23. The lowest BCUT2D eigenvalue weighted by atomic mass is 10.0. The first kappa shape index (κ1) is 18.4. The van der Waals surface area contributed by atoms with Gasteiger partial charge in [-0.25, -0.2) is 0 Å². The molecule has 3 nitrogen and oxygen atoms in total. The number of thiophene rings is 1. The maximum Gasteiger partial charge on any atom is 0.241 e. The number of carbonyl (C=O) groups is 1. The largest absolute Gasteiger partial charge is 0.325 e. The number of rotatable bonds is 7. The summed E-state index contributed by atoms with van der Waals surface area (Å²) >= 11 is 1.70. The van der Waals surface area contributed by atoms with E-state index < -0.39 is 0 Å². The molecule has 1 aromatic heterocycles. The van der Waals surface area contributed by atoms with Gasteiger partial charge < -0.3 is 5.32 Å². The molecule has 2 atom stereocenters. The van der Waals surface area contributed by atoms with Crippen molar-refractivity contribution < 1.29 is 4.79 Å². The van der Waals surface area contributed by atoms with Crippen LogP contribution in [-0.4, -0.2) is 11.9 Å². The summed E-state index contributed by atoms with van der Waals surface area (Å²) in [6.45, 7) is 4.05. The molecule has 1 amide bonds. The Morgan fingerprint density at radius 3 is 2.35 bits per heavy atom. The lowest BCUT2D eigenvalue weighted by Crippen LogP contribution is -2.40. The molecular formula is C22H24N2OS. The first-order valence-corrected chi connectivity index (χ1v) is 9.79. The third-order valence-electron chi connectivity index (χ3n) is 4.40. The molecule has 0 radical (unpaired) electrons. The Morgan fingerprint density at radius 1 is 1.00 bits per heavy atom. The summed E-state index contributed by atoms with van der Waals surface area (Å²) in [6, 6.07) is 22.0. The van der Waals surface area contributed by atoms with Gasteiger partial charge in [-0.2, -0.15) is 0 Å². The van der Waals surface area contributed by atoms with E-state index in [9.17, 15) is 4.79 Å². The van der Waals surface area contributed by atoms with Crippen LogP contribution in [0.5, 0.6) is 0 Å². The second kappa shape index (κ2) is 8.79. The average molecular weight is 365 g/mol. The van der Waals surface area contributed by atoms with Gasteiger partial charge in [0.1, 0.15) is 0 Å². The van der Waals surface area contributed by atoms with Crippen LogP contribution in [0.2, 0.25) is 0 Å². The molecule has 3 aromatic rings. The minimum Gasteiger partial charge on any atom is -0.325 e. The maximum atomic E-state index is 12.6. The molecule has 0 aliphatic heterocycles. The second-order valence-corrected chi connectivity index (χ2v) is 7.27. The number of hydrogen-bond donors (Lipinski definition) is 2. The van der Waals surface area contributed by atoms with Gasteiger partial charge in [-0.15, -0.1) is 11.3 Å². The molecule has 26 heavy (non-hydrogen) atoms. The number of amides is 1. The van der Waals surface area contributed by atoms with Crippen LogP contribution >= 0.6 is 11.3 Å². The van der Waals surface area contributed by atoms with Gasteiger partial charge in [0.25, 0.3) is 0 Å². The summed E-state index contributed by atoms with van der Waals surface area (Å²) in [5.41, 5.74) is 3.30. The first-order valence-electron chi connectivity index (χ1n) is 8.91. The zero-order valence-electron chi connectivity index (χ0n) is 15.1. The number of carbonyl (C=O) groups excluding carboxylic acids is 1. The van der Waals surface area contributed by atoms with Crippen molar-refractivity contribution in [2.75, 3.05) is 5.32 Å². The summed E-state index contributed by atoms with van der Waals surface area (Å²) in [5.74, 6) is -0.0389. The molecule has 0 saturated heterocycles. The van der Waals surface area contributed by atoms with Gasteiger partial charge in [-0.1, -0.05) is 55.5 Å². The molecule has 0 saturated carbocycles. The molecule has 0 spiro atoms. The Hall–Kier alpha value is -2.43. The Bertz CT molecular complexity index is 813. The molecule has 0 aliphatic carbocycles. The molecule has 0 unspecified atom stereocenters. The molecule has 0 bridgehead atoms. The number of para-hydroxylation sites is 1. The van der Waals surface area contributed by atoms with Crippen LogP contribution in [0.4, 0.5) is 5.69 Å². The first-order chi connectivity index (χ1) is 12.7. The minimum absolute atomic E-state index is 0.00238. The van der Waals surface area contributed by atoms with Crippen LogP contribution in [0.25, 0.3) is 0 Å². The molecule has 2 N–H and O–H groups in total. The van der Waals surface area contributed by atoms with E-state index in [1.54, 1.807) is 11.3 Å². The van der Waals surface area contributed by atoms with Crippen molar-refractivity contribution in [1.29, 1.82) is 0 Å². The molecule has 3 rings (SSSR count). The number of aryl methyl sites for hydroxylation is 1. The molecular weight excluding hydrogens is 340 g/mol. The van der Waals surface area contributed by atoms with Crippen molar-refractivity contribution in [2.24, 2.45) is 0 Å². The molecule has 134 valence electrons. The standard InChI is InChI=1S/C22H24N2OS/c1-3-17-11-13-18(14-12-17)21(20-10-7-15-26-20)23-16(2)22(25)24-19-8-5-4-6-9-19/h4-16,21,23H,3H2,1-2H3,(H,24,25)/t16-,21+/m1/s1. The van der Waals surface area contributed by atoms with Crippen molar-refractivity contribution in [3.63, 3.8) is 0 Å². The Labute approximate surface area is 159 Å². The van der Waals surface area contributed by atoms with Crippen LogP contribution in [0, 0.1) is 0 Å². The zero-order valence-corrected chi connectivity index (χ0v) is 15.9. The number of hydrogen-bond acceptors (Lipinski definition) is 3. The normalized spacial score (nSPS) is 13.2. The monoisotopic (exact) mass is 364 g/mol. The van der Waals surface area contributed by atoms with Crippen LogP contribution in [0.15, 0.2) is 72.1 Å². The molecule has 1 heterocycles. The van der Waals surface area contributed by atoms with E-state index in [1.807, 2.05) is 43.3 Å². The van der Waals surface area contributed by atoms with Crippen molar-refractivity contribution in [2.45, 2.75) is 32.4 Å². The topological polar surface area (TPSA) is 41.1 Å². The quantitative estimate of drug-likeness (QED) is 0.618. The van der Waals surface area contributed by atoms with Gasteiger partial charge in [-0.3, -0.25) is 10.1 Å². The summed E-state index contributed by atoms with van der Waals surface area (Å²) < 4.78 is 0. The molecule has 0 fully saturated rings. The number of nitrogens with one attached hydrogen (secondary N) is 2. The van der Waals surface area contributed by atoms with Gasteiger partial charge in [-0.05, 0) is 48.1 Å². The summed E-state index contributed by atoms with van der Waals surface area (Å²) in [6.07, 6.45) is 1.02. The van der Waals surface area contributed by atoms with Gasteiger partial charge in [0.2, 0.25) is 5.91 Å². The van der Waals surface area contributed by atoms with E-state index in [0.717, 1.165) is 12.1 Å². The van der Waals surface area contributed by atoms with Crippen LogP contribution in [0.1, 0.15) is 35.9 Å². The average Bonchev–Trinajstić information content (AvgIpc) is 3.21. The Kier molecular flexibility index (Phi) is 6.21. The number of anilines is 1. The summed E-state index contributed by atoms with van der Waals surface area (Å²) in [4.78, 5) is 13.8. The highest BCUT2D eigenvalue weighted by molar-refractivity contribution is 7.10. The maximum absolute atomic E-state index is 12.6. The van der Waals surface area contributed by atoms with E-state index in [1.165, 1.54) is 16.0 Å². The van der Waals surface area contributed by atoms with Crippen LogP contribution in [0.3, 0.4) is 0 Å². The highest BCUT2D eigenvalue weighted by atomic mass is 32.1. The molecule has 0 aliphatic rings. The predicted molar refractivity (Wildman–Crippen MR) is 110 cm³/mol. The summed E-state index contributed by atoms with van der Waals surface area (Å²) in [7, 11) is 0. The molecule has 2 aromatic carbocycles. The van der Waals surface area contributed by atoms with E-state index in [2.05, 4.69) is 53.3 Å². The van der Waals surface area contributed by atoms with E-state index in [-0.39, 0.29) is 18.0 Å². The fraction of sp³-hybridized carbons (Fsp3) is 0.227. The Morgan fingerprint density at radius 2 is 1.73 bits per heavy atom. The minimum atomic E-state index is -0.326. The highest BCUT2D eigenvalue weighted by Gasteiger charge is 2.21. The van der Waals surface area contributed by atoms with Crippen LogP contribution in [-0.2, 0) is 11.2 Å². The third kappa shape index (κ3) is 4.59. The SMILES string of the molecule is CCc1ccc([C@H](N[C@H](C)C(=O)Nc2ccccc2)c2cccs2)cc1.